The Morgan fingerprint density at radius 2 is 1.89 bits per heavy atom. The summed E-state index contributed by atoms with van der Waals surface area (Å²) in [6, 6.07) is 12.1. The molecule has 37 heavy (non-hydrogen) atoms. The van der Waals surface area contributed by atoms with Crippen molar-refractivity contribution in [3.63, 3.8) is 0 Å². The van der Waals surface area contributed by atoms with Crippen LogP contribution in [-0.4, -0.2) is 47.7 Å². The Bertz CT molecular complexity index is 1300. The molecule has 0 unspecified atom stereocenters. The molecule has 1 heterocycles. The first kappa shape index (κ1) is 27.2. The number of ether oxygens (including phenoxy) is 2. The lowest BCUT2D eigenvalue weighted by atomic mass is 10.1. The first-order chi connectivity index (χ1) is 17.7. The molecule has 1 aromatic heterocycles. The van der Waals surface area contributed by atoms with Crippen LogP contribution in [0.25, 0.3) is 11.3 Å². The zero-order valence-electron chi connectivity index (χ0n) is 21.2. The molecule has 1 amide bonds. The predicted molar refractivity (Wildman–Crippen MR) is 144 cm³/mol. The van der Waals surface area contributed by atoms with Gasteiger partial charge in [0.15, 0.2) is 5.82 Å². The summed E-state index contributed by atoms with van der Waals surface area (Å²) in [5, 5.41) is 13.3. The highest BCUT2D eigenvalue weighted by atomic mass is 16.5. The van der Waals surface area contributed by atoms with Crippen LogP contribution in [0.5, 0.6) is 5.75 Å². The molecule has 3 rings (SSSR count). The number of amidine groups is 1. The second kappa shape index (κ2) is 12.5. The molecule has 0 aliphatic carbocycles. The highest BCUT2D eigenvalue weighted by molar-refractivity contribution is 5.94. The molecule has 0 bridgehead atoms. The third kappa shape index (κ3) is 7.55. The first-order valence-electron chi connectivity index (χ1n) is 11.8. The highest BCUT2D eigenvalue weighted by Crippen LogP contribution is 2.27. The van der Waals surface area contributed by atoms with E-state index < -0.39 is 5.56 Å². The minimum Gasteiger partial charge on any atom is -0.491 e. The van der Waals surface area contributed by atoms with Crippen LogP contribution in [0.15, 0.2) is 53.5 Å². The van der Waals surface area contributed by atoms with Crippen molar-refractivity contribution in [1.29, 1.82) is 5.41 Å². The number of anilines is 2. The van der Waals surface area contributed by atoms with Gasteiger partial charge in [0.1, 0.15) is 24.7 Å². The quantitative estimate of drug-likeness (QED) is 0.107. The largest absolute Gasteiger partial charge is 0.491 e. The van der Waals surface area contributed by atoms with E-state index in [4.69, 9.17) is 26.4 Å². The number of nitrogen functional groups attached to an aromatic ring is 2. The van der Waals surface area contributed by atoms with Crippen molar-refractivity contribution in [2.45, 2.75) is 33.0 Å². The van der Waals surface area contributed by atoms with Gasteiger partial charge in [-0.15, -0.1) is 0 Å². The lowest BCUT2D eigenvalue weighted by Crippen LogP contribution is -2.35. The number of carbonyl (C=O) groups excluding carboxylic acids is 1. The summed E-state index contributed by atoms with van der Waals surface area (Å²) >= 11 is 0. The smallest absolute Gasteiger partial charge is 0.294 e. The van der Waals surface area contributed by atoms with Crippen molar-refractivity contribution in [2.75, 3.05) is 31.4 Å². The van der Waals surface area contributed by atoms with Gasteiger partial charge in [-0.05, 0) is 31.5 Å². The van der Waals surface area contributed by atoms with E-state index in [0.717, 1.165) is 5.56 Å². The number of nitrogens with two attached hydrogens (primary N) is 2. The number of hydrogen-bond acceptors (Lipinski definition) is 8. The maximum atomic E-state index is 13.3. The Labute approximate surface area is 215 Å². The van der Waals surface area contributed by atoms with E-state index in [0.29, 0.717) is 41.5 Å². The number of nitrogens with one attached hydrogen (secondary N) is 3. The third-order valence-electron chi connectivity index (χ3n) is 5.32. The number of carbonyl (C=O) groups is 1. The van der Waals surface area contributed by atoms with Gasteiger partial charge < -0.3 is 31.6 Å². The molecule has 0 aliphatic rings. The fourth-order valence-corrected chi connectivity index (χ4v) is 3.55. The lowest BCUT2D eigenvalue weighted by Gasteiger charge is -2.17. The van der Waals surface area contributed by atoms with Crippen LogP contribution in [0.1, 0.15) is 25.0 Å². The molecule has 0 saturated heterocycles. The number of aromatic nitrogens is 2. The summed E-state index contributed by atoms with van der Waals surface area (Å²) in [7, 11) is 1.58. The normalized spacial score (nSPS) is 10.8. The predicted octanol–water partition coefficient (Wildman–Crippen LogP) is 1.94. The maximum Gasteiger partial charge on any atom is 0.294 e. The molecule has 196 valence electrons. The molecule has 0 radical (unpaired) electrons. The van der Waals surface area contributed by atoms with Gasteiger partial charge in [0.05, 0.1) is 18.5 Å². The van der Waals surface area contributed by atoms with E-state index in [-0.39, 0.29) is 36.7 Å². The van der Waals surface area contributed by atoms with E-state index in [2.05, 4.69) is 15.6 Å². The van der Waals surface area contributed by atoms with E-state index in [9.17, 15) is 9.59 Å². The Hall–Kier alpha value is -4.38. The lowest BCUT2D eigenvalue weighted by molar-refractivity contribution is -0.121. The SMILES string of the molecule is COCCOc1cc(N)cc(-c2cnc(NC(C)C)c(=O)n2CC(=O)NCc2ccc(C(=N)N)cc2)c1. The zero-order chi connectivity index (χ0) is 26.9. The maximum absolute atomic E-state index is 13.3. The Morgan fingerprint density at radius 1 is 1.16 bits per heavy atom. The van der Waals surface area contributed by atoms with Crippen LogP contribution in [0.4, 0.5) is 11.5 Å². The van der Waals surface area contributed by atoms with E-state index in [1.165, 1.54) is 10.8 Å². The van der Waals surface area contributed by atoms with Crippen molar-refractivity contribution in [1.82, 2.24) is 14.9 Å². The van der Waals surface area contributed by atoms with Crippen molar-refractivity contribution in [2.24, 2.45) is 5.73 Å². The summed E-state index contributed by atoms with van der Waals surface area (Å²) in [5.74, 6) is 0.265. The molecule has 0 aliphatic heterocycles. The van der Waals surface area contributed by atoms with Gasteiger partial charge in [0.2, 0.25) is 5.91 Å². The third-order valence-corrected chi connectivity index (χ3v) is 5.32. The Balaban J connectivity index is 1.89. The van der Waals surface area contributed by atoms with Crippen LogP contribution in [0, 0.1) is 5.41 Å². The molecule has 0 spiro atoms. The Kier molecular flexibility index (Phi) is 9.22. The van der Waals surface area contributed by atoms with Gasteiger partial charge in [-0.2, -0.15) is 0 Å². The minimum atomic E-state index is -0.434. The summed E-state index contributed by atoms with van der Waals surface area (Å²) in [4.78, 5) is 30.6. The molecule has 3 aromatic rings. The summed E-state index contributed by atoms with van der Waals surface area (Å²) < 4.78 is 12.1. The van der Waals surface area contributed by atoms with Crippen LogP contribution in [0.2, 0.25) is 0 Å². The topological polar surface area (TPSA) is 170 Å². The molecule has 11 nitrogen and oxygen atoms in total. The number of nitrogens with zero attached hydrogens (tertiary/aromatic N) is 2. The molecular formula is C26H33N7O4. The van der Waals surface area contributed by atoms with Crippen molar-refractivity contribution in [3.05, 3.63) is 70.1 Å². The monoisotopic (exact) mass is 507 g/mol. The molecule has 0 fully saturated rings. The van der Waals surface area contributed by atoms with Gasteiger partial charge in [0, 0.05) is 42.6 Å². The van der Waals surface area contributed by atoms with Gasteiger partial charge in [0.25, 0.3) is 5.56 Å². The average molecular weight is 508 g/mol. The first-order valence-corrected chi connectivity index (χ1v) is 11.8. The van der Waals surface area contributed by atoms with E-state index >= 15 is 0 Å². The van der Waals surface area contributed by atoms with Crippen LogP contribution < -0.4 is 32.4 Å². The van der Waals surface area contributed by atoms with Crippen molar-refractivity contribution in [3.8, 4) is 17.0 Å². The number of rotatable bonds is 12. The van der Waals surface area contributed by atoms with Gasteiger partial charge in [-0.25, -0.2) is 4.98 Å². The molecule has 11 heteroatoms. The molecule has 7 N–H and O–H groups in total. The average Bonchev–Trinajstić information content (AvgIpc) is 2.85. The van der Waals surface area contributed by atoms with Crippen molar-refractivity contribution >= 4 is 23.2 Å². The molecular weight excluding hydrogens is 474 g/mol. The molecule has 2 aromatic carbocycles. The van der Waals surface area contributed by atoms with Gasteiger partial charge >= 0.3 is 0 Å². The van der Waals surface area contributed by atoms with E-state index in [1.807, 2.05) is 13.8 Å². The summed E-state index contributed by atoms with van der Waals surface area (Å²) in [6.45, 7) is 4.54. The second-order valence-corrected chi connectivity index (χ2v) is 8.70. The van der Waals surface area contributed by atoms with Gasteiger partial charge in [-0.3, -0.25) is 19.6 Å². The fourth-order valence-electron chi connectivity index (χ4n) is 3.55. The highest BCUT2D eigenvalue weighted by Gasteiger charge is 2.17. The number of methoxy groups -OCH3 is 1. The van der Waals surface area contributed by atoms with Gasteiger partial charge in [-0.1, -0.05) is 24.3 Å². The second-order valence-electron chi connectivity index (χ2n) is 8.70. The number of amides is 1. The Morgan fingerprint density at radius 3 is 2.54 bits per heavy atom. The van der Waals surface area contributed by atoms with Crippen LogP contribution in [-0.2, 0) is 22.6 Å². The number of benzene rings is 2. The summed E-state index contributed by atoms with van der Waals surface area (Å²) in [5.41, 5.74) is 14.0. The fraction of sp³-hybridized carbons (Fsp3) is 0.308. The van der Waals surface area contributed by atoms with E-state index in [1.54, 1.807) is 49.6 Å². The van der Waals surface area contributed by atoms with Crippen LogP contribution in [0.3, 0.4) is 0 Å². The molecule has 0 saturated carbocycles. The summed E-state index contributed by atoms with van der Waals surface area (Å²) in [6.07, 6.45) is 1.54. The van der Waals surface area contributed by atoms with Crippen molar-refractivity contribution < 1.29 is 14.3 Å². The van der Waals surface area contributed by atoms with Crippen LogP contribution >= 0.6 is 0 Å². The standard InChI is InChI=1S/C26H33N7O4/c1-16(2)32-25-26(35)33(15-23(34)30-13-17-4-6-18(7-5-17)24(28)29)22(14-31-25)19-10-20(27)12-21(11-19)37-9-8-36-3/h4-7,10-12,14,16H,8-9,13,15,27H2,1-3H3,(H3,28,29)(H,30,34)(H,31,32). The molecule has 0 atom stereocenters. The zero-order valence-corrected chi connectivity index (χ0v) is 21.2. The minimum absolute atomic E-state index is 0.0280. The number of hydrogen-bond donors (Lipinski definition) is 5.